The fourth-order valence-corrected chi connectivity index (χ4v) is 6.40. The van der Waals surface area contributed by atoms with Crippen LogP contribution < -0.4 is 4.72 Å². The summed E-state index contributed by atoms with van der Waals surface area (Å²) in [6, 6.07) is 0.439. The largest absolute Gasteiger partial charge is 0.375 e. The van der Waals surface area contributed by atoms with Crippen LogP contribution in [0.2, 0.25) is 24.2 Å². The summed E-state index contributed by atoms with van der Waals surface area (Å²) in [4.78, 5) is 3.79. The molecule has 0 aliphatic heterocycles. The van der Waals surface area contributed by atoms with E-state index in [4.69, 9.17) is 0 Å². The first-order chi connectivity index (χ1) is 8.77. The van der Waals surface area contributed by atoms with Crippen molar-refractivity contribution in [1.29, 1.82) is 0 Å². The number of thiazole rings is 1. The zero-order valence-electron chi connectivity index (χ0n) is 12.9. The molecule has 116 valence electrons. The lowest BCUT2D eigenvalue weighted by Crippen LogP contribution is -2.53. The predicted octanol–water partition coefficient (Wildman–Crippen LogP) is 2.64. The Balaban J connectivity index is 2.91. The van der Waals surface area contributed by atoms with Crippen LogP contribution in [0.25, 0.3) is 0 Å². The normalized spacial score (nSPS) is 16.9. The molecule has 0 amide bonds. The minimum atomic E-state index is -3.76. The van der Waals surface area contributed by atoms with Gasteiger partial charge in [0.25, 0.3) is 10.0 Å². The second-order valence-electron chi connectivity index (χ2n) is 6.99. The number of hydrogen-bond donors (Lipinski definition) is 2. The zero-order chi connectivity index (χ0) is 15.8. The van der Waals surface area contributed by atoms with E-state index in [1.165, 1.54) is 13.1 Å². The molecule has 20 heavy (non-hydrogen) atoms. The quantitative estimate of drug-likeness (QED) is 0.640. The van der Waals surface area contributed by atoms with Crippen LogP contribution in [0.5, 0.6) is 0 Å². The van der Waals surface area contributed by atoms with Crippen molar-refractivity contribution in [3.05, 3.63) is 11.6 Å². The van der Waals surface area contributed by atoms with Gasteiger partial charge in [0.15, 0.2) is 0 Å². The monoisotopic (exact) mass is 336 g/mol. The molecule has 0 spiro atoms. The van der Waals surface area contributed by atoms with E-state index in [1.54, 1.807) is 5.38 Å². The molecule has 1 aromatic rings. The van der Waals surface area contributed by atoms with E-state index in [0.717, 1.165) is 11.3 Å². The molecule has 1 rings (SSSR count). The minimum Gasteiger partial charge on any atom is -0.375 e. The van der Waals surface area contributed by atoms with Crippen molar-refractivity contribution in [2.75, 3.05) is 0 Å². The molecule has 0 bridgehead atoms. The SMILES string of the molecule is CC(O)(C[Si](C)(C)C(C)(C)C)NS(=O)(=O)c1nccs1. The van der Waals surface area contributed by atoms with Crippen LogP contribution in [0.1, 0.15) is 27.7 Å². The van der Waals surface area contributed by atoms with E-state index in [2.05, 4.69) is 43.6 Å². The fraction of sp³-hybridized carbons (Fsp3) is 0.750. The van der Waals surface area contributed by atoms with Crippen LogP contribution in [-0.2, 0) is 10.0 Å². The molecule has 0 aromatic carbocycles. The van der Waals surface area contributed by atoms with Gasteiger partial charge in [-0.3, -0.25) is 0 Å². The van der Waals surface area contributed by atoms with Gasteiger partial charge < -0.3 is 5.11 Å². The Bertz CT molecular complexity index is 546. The van der Waals surface area contributed by atoms with Crippen LogP contribution in [0.3, 0.4) is 0 Å². The van der Waals surface area contributed by atoms with Crippen molar-refractivity contribution in [3.8, 4) is 0 Å². The Morgan fingerprint density at radius 3 is 2.30 bits per heavy atom. The van der Waals surface area contributed by atoms with Gasteiger partial charge in [0.05, 0.1) is 8.07 Å². The molecule has 8 heteroatoms. The van der Waals surface area contributed by atoms with Crippen LogP contribution >= 0.6 is 11.3 Å². The average Bonchev–Trinajstić information content (AvgIpc) is 2.63. The van der Waals surface area contributed by atoms with Crippen LogP contribution in [0.15, 0.2) is 15.9 Å². The second-order valence-corrected chi connectivity index (χ2v) is 15.4. The van der Waals surface area contributed by atoms with Crippen molar-refractivity contribution >= 4 is 29.4 Å². The molecule has 1 heterocycles. The predicted molar refractivity (Wildman–Crippen MR) is 85.1 cm³/mol. The fourth-order valence-electron chi connectivity index (χ4n) is 1.84. The molecule has 0 saturated heterocycles. The van der Waals surface area contributed by atoms with E-state index in [1.807, 2.05) is 0 Å². The van der Waals surface area contributed by atoms with E-state index < -0.39 is 23.8 Å². The van der Waals surface area contributed by atoms with E-state index in [0.29, 0.717) is 6.04 Å². The molecule has 1 unspecified atom stereocenters. The maximum atomic E-state index is 12.1. The Morgan fingerprint density at radius 2 is 1.90 bits per heavy atom. The summed E-state index contributed by atoms with van der Waals surface area (Å²) in [6.45, 7) is 12.2. The number of aromatic nitrogens is 1. The summed E-state index contributed by atoms with van der Waals surface area (Å²) in [6.07, 6.45) is 1.43. The molecule has 0 aliphatic carbocycles. The van der Waals surface area contributed by atoms with Gasteiger partial charge in [-0.25, -0.2) is 13.4 Å². The van der Waals surface area contributed by atoms with Gasteiger partial charge in [0.1, 0.15) is 5.72 Å². The van der Waals surface area contributed by atoms with Crippen LogP contribution in [0, 0.1) is 0 Å². The molecule has 0 aliphatic rings. The first-order valence-electron chi connectivity index (χ1n) is 6.43. The van der Waals surface area contributed by atoms with Crippen LogP contribution in [0.4, 0.5) is 0 Å². The van der Waals surface area contributed by atoms with Crippen molar-refractivity contribution in [2.45, 2.75) is 61.9 Å². The van der Waals surface area contributed by atoms with Gasteiger partial charge in [-0.15, -0.1) is 11.3 Å². The first kappa shape index (κ1) is 17.8. The van der Waals surface area contributed by atoms with Crippen molar-refractivity contribution < 1.29 is 13.5 Å². The Labute approximate surface area is 126 Å². The van der Waals surface area contributed by atoms with Gasteiger partial charge in [0.2, 0.25) is 4.34 Å². The van der Waals surface area contributed by atoms with E-state index in [-0.39, 0.29) is 9.38 Å². The van der Waals surface area contributed by atoms with Gasteiger partial charge >= 0.3 is 0 Å². The van der Waals surface area contributed by atoms with Crippen LogP contribution in [-0.4, -0.2) is 32.3 Å². The lowest BCUT2D eigenvalue weighted by atomic mass is 10.2. The second kappa shape index (κ2) is 5.49. The highest BCUT2D eigenvalue weighted by molar-refractivity contribution is 7.91. The average molecular weight is 337 g/mol. The standard InChI is InChI=1S/C12H24N2O3S2Si/c1-11(2,3)20(5,6)9-12(4,15)14-19(16,17)10-13-7-8-18-10/h7-8,14-15H,9H2,1-6H3. The highest BCUT2D eigenvalue weighted by Gasteiger charge is 2.42. The number of hydrogen-bond acceptors (Lipinski definition) is 5. The molecule has 5 nitrogen and oxygen atoms in total. The summed E-state index contributed by atoms with van der Waals surface area (Å²) >= 11 is 1.03. The summed E-state index contributed by atoms with van der Waals surface area (Å²) < 4.78 is 26.6. The molecule has 1 atom stereocenters. The van der Waals surface area contributed by atoms with Crippen molar-refractivity contribution in [3.63, 3.8) is 0 Å². The highest BCUT2D eigenvalue weighted by atomic mass is 32.2. The third kappa shape index (κ3) is 4.36. The summed E-state index contributed by atoms with van der Waals surface area (Å²) in [5.74, 6) is 0. The van der Waals surface area contributed by atoms with Gasteiger partial charge in [0, 0.05) is 11.6 Å². The third-order valence-electron chi connectivity index (χ3n) is 3.81. The van der Waals surface area contributed by atoms with Gasteiger partial charge in [-0.05, 0) is 18.0 Å². The zero-order valence-corrected chi connectivity index (χ0v) is 15.5. The maximum Gasteiger partial charge on any atom is 0.270 e. The molecular formula is C12H24N2O3S2Si. The van der Waals surface area contributed by atoms with Gasteiger partial charge in [-0.2, -0.15) is 4.72 Å². The first-order valence-corrected chi connectivity index (χ1v) is 12.0. The smallest absolute Gasteiger partial charge is 0.270 e. The minimum absolute atomic E-state index is 0.0204. The number of aliphatic hydroxyl groups is 1. The maximum absolute atomic E-state index is 12.1. The Kier molecular flexibility index (Phi) is 4.88. The Hall–Kier alpha value is -0.283. The number of rotatable bonds is 5. The summed E-state index contributed by atoms with van der Waals surface area (Å²) in [5.41, 5.74) is -1.46. The number of sulfonamides is 1. The van der Waals surface area contributed by atoms with Gasteiger partial charge in [-0.1, -0.05) is 33.9 Å². The van der Waals surface area contributed by atoms with Crippen molar-refractivity contribution in [2.24, 2.45) is 0 Å². The lowest BCUT2D eigenvalue weighted by molar-refractivity contribution is 0.0665. The van der Waals surface area contributed by atoms with Crippen molar-refractivity contribution in [1.82, 2.24) is 9.71 Å². The van der Waals surface area contributed by atoms with E-state index >= 15 is 0 Å². The van der Waals surface area contributed by atoms with E-state index in [9.17, 15) is 13.5 Å². The summed E-state index contributed by atoms with van der Waals surface area (Å²) in [7, 11) is -5.58. The molecule has 2 N–H and O–H groups in total. The molecule has 1 aromatic heterocycles. The number of nitrogens with zero attached hydrogens (tertiary/aromatic N) is 1. The third-order valence-corrected chi connectivity index (χ3v) is 12.2. The molecule has 0 radical (unpaired) electrons. The summed E-state index contributed by atoms with van der Waals surface area (Å²) in [5, 5.41) is 12.1. The Morgan fingerprint density at radius 1 is 1.35 bits per heavy atom. The highest BCUT2D eigenvalue weighted by Crippen LogP contribution is 2.41. The topological polar surface area (TPSA) is 79.3 Å². The molecular weight excluding hydrogens is 312 g/mol. The molecule has 0 saturated carbocycles. The lowest BCUT2D eigenvalue weighted by Gasteiger charge is -2.41. The molecule has 0 fully saturated rings. The number of nitrogens with one attached hydrogen (secondary N) is 1.